The molecule has 5 nitrogen and oxygen atoms in total. The van der Waals surface area contributed by atoms with E-state index < -0.39 is 5.97 Å². The van der Waals surface area contributed by atoms with Crippen LogP contribution in [0.2, 0.25) is 0 Å². The monoisotopic (exact) mass is 265 g/mol. The average molecular weight is 265 g/mol. The number of carbonyl (C=O) groups is 2. The van der Waals surface area contributed by atoms with Crippen LogP contribution in [0.25, 0.3) is 0 Å². The third-order valence-electron chi connectivity index (χ3n) is 3.09. The van der Waals surface area contributed by atoms with Crippen LogP contribution in [0.15, 0.2) is 11.1 Å². The fourth-order valence-corrected chi connectivity index (χ4v) is 2.22. The van der Waals surface area contributed by atoms with Gasteiger partial charge in [-0.3, -0.25) is 4.79 Å². The Morgan fingerprint density at radius 2 is 2.00 bits per heavy atom. The summed E-state index contributed by atoms with van der Waals surface area (Å²) in [6.07, 6.45) is 2.60. The summed E-state index contributed by atoms with van der Waals surface area (Å²) in [7, 11) is 0. The molecular weight excluding hydrogens is 246 g/mol. The van der Waals surface area contributed by atoms with Crippen molar-refractivity contribution >= 4 is 11.9 Å². The summed E-state index contributed by atoms with van der Waals surface area (Å²) in [5, 5.41) is 9.08. The Morgan fingerprint density at radius 3 is 2.58 bits per heavy atom. The molecule has 0 radical (unpaired) electrons. The normalized spacial score (nSPS) is 21.2. The molecule has 0 aromatic carbocycles. The SMILES string of the molecule is CCOC(=O)/C(C#N)=C1/CCC[C@H](C(=O)OCC)C1. The van der Waals surface area contributed by atoms with Gasteiger partial charge in [0, 0.05) is 0 Å². The van der Waals surface area contributed by atoms with E-state index >= 15 is 0 Å². The van der Waals surface area contributed by atoms with E-state index in [9.17, 15) is 9.59 Å². The molecule has 1 atom stereocenters. The van der Waals surface area contributed by atoms with E-state index in [0.29, 0.717) is 25.0 Å². The number of nitriles is 1. The smallest absolute Gasteiger partial charge is 0.348 e. The second kappa shape index (κ2) is 7.57. The van der Waals surface area contributed by atoms with Gasteiger partial charge >= 0.3 is 11.9 Å². The van der Waals surface area contributed by atoms with Crippen LogP contribution in [0, 0.1) is 17.2 Å². The minimum atomic E-state index is -0.593. The molecule has 0 bridgehead atoms. The molecule has 1 rings (SSSR count). The van der Waals surface area contributed by atoms with Gasteiger partial charge in [-0.25, -0.2) is 4.79 Å². The predicted molar refractivity (Wildman–Crippen MR) is 67.9 cm³/mol. The summed E-state index contributed by atoms with van der Waals surface area (Å²) in [6, 6.07) is 1.90. The zero-order chi connectivity index (χ0) is 14.3. The molecule has 0 aromatic rings. The van der Waals surface area contributed by atoms with Gasteiger partial charge in [0.25, 0.3) is 0 Å². The number of hydrogen-bond acceptors (Lipinski definition) is 5. The highest BCUT2D eigenvalue weighted by atomic mass is 16.5. The third-order valence-corrected chi connectivity index (χ3v) is 3.09. The zero-order valence-corrected chi connectivity index (χ0v) is 11.4. The van der Waals surface area contributed by atoms with Gasteiger partial charge in [0.2, 0.25) is 0 Å². The summed E-state index contributed by atoms with van der Waals surface area (Å²) >= 11 is 0. The number of esters is 2. The number of rotatable bonds is 4. The molecule has 5 heteroatoms. The molecule has 0 unspecified atom stereocenters. The van der Waals surface area contributed by atoms with Crippen molar-refractivity contribution in [1.29, 1.82) is 5.26 Å². The minimum Gasteiger partial charge on any atom is -0.466 e. The van der Waals surface area contributed by atoms with E-state index in [2.05, 4.69) is 0 Å². The first-order valence-corrected chi connectivity index (χ1v) is 6.59. The van der Waals surface area contributed by atoms with Crippen molar-refractivity contribution in [2.75, 3.05) is 13.2 Å². The Morgan fingerprint density at radius 1 is 1.32 bits per heavy atom. The van der Waals surface area contributed by atoms with E-state index in [-0.39, 0.29) is 24.1 Å². The molecule has 0 amide bonds. The first-order valence-electron chi connectivity index (χ1n) is 6.59. The molecule has 1 fully saturated rings. The van der Waals surface area contributed by atoms with Gasteiger partial charge in [0.05, 0.1) is 19.1 Å². The lowest BCUT2D eigenvalue weighted by Gasteiger charge is -2.23. The lowest BCUT2D eigenvalue weighted by molar-refractivity contribution is -0.148. The van der Waals surface area contributed by atoms with Crippen LogP contribution in [0.5, 0.6) is 0 Å². The summed E-state index contributed by atoms with van der Waals surface area (Å²) in [6.45, 7) is 4.03. The van der Waals surface area contributed by atoms with Crippen LogP contribution < -0.4 is 0 Å². The summed E-state index contributed by atoms with van der Waals surface area (Å²) in [5.41, 5.74) is 0.765. The Bertz CT molecular complexity index is 420. The second-order valence-electron chi connectivity index (χ2n) is 4.36. The van der Waals surface area contributed by atoms with Gasteiger partial charge in [-0.2, -0.15) is 5.26 Å². The molecule has 1 aliphatic carbocycles. The van der Waals surface area contributed by atoms with E-state index in [0.717, 1.165) is 12.8 Å². The van der Waals surface area contributed by atoms with Crippen LogP contribution in [0.4, 0.5) is 0 Å². The Kier molecular flexibility index (Phi) is 6.07. The molecule has 0 N–H and O–H groups in total. The van der Waals surface area contributed by atoms with Gasteiger partial charge in [0.15, 0.2) is 0 Å². The van der Waals surface area contributed by atoms with Crippen molar-refractivity contribution in [3.8, 4) is 6.07 Å². The highest BCUT2D eigenvalue weighted by molar-refractivity contribution is 5.93. The van der Waals surface area contributed by atoms with Crippen molar-refractivity contribution < 1.29 is 19.1 Å². The van der Waals surface area contributed by atoms with Gasteiger partial charge in [-0.1, -0.05) is 0 Å². The minimum absolute atomic E-state index is 0.0517. The largest absolute Gasteiger partial charge is 0.466 e. The van der Waals surface area contributed by atoms with Crippen molar-refractivity contribution in [2.24, 2.45) is 5.92 Å². The molecule has 0 saturated heterocycles. The number of carbonyl (C=O) groups excluding carboxylic acids is 2. The van der Waals surface area contributed by atoms with Crippen LogP contribution in [0.1, 0.15) is 39.5 Å². The molecule has 19 heavy (non-hydrogen) atoms. The van der Waals surface area contributed by atoms with Crippen molar-refractivity contribution in [1.82, 2.24) is 0 Å². The first kappa shape index (κ1) is 15.2. The maximum atomic E-state index is 11.7. The standard InChI is InChI=1S/C14H19NO4/c1-3-18-13(16)11-7-5-6-10(8-11)12(9-15)14(17)19-4-2/h11H,3-8H2,1-2H3/b12-10-/t11-/m0/s1. The molecule has 0 aliphatic heterocycles. The quantitative estimate of drug-likeness (QED) is 0.442. The van der Waals surface area contributed by atoms with Crippen molar-refractivity contribution in [2.45, 2.75) is 39.5 Å². The van der Waals surface area contributed by atoms with Crippen LogP contribution in [-0.4, -0.2) is 25.2 Å². The Hall–Kier alpha value is -1.83. The van der Waals surface area contributed by atoms with Gasteiger partial charge < -0.3 is 9.47 Å². The van der Waals surface area contributed by atoms with Gasteiger partial charge in [0.1, 0.15) is 11.6 Å². The highest BCUT2D eigenvalue weighted by Crippen LogP contribution is 2.31. The molecule has 0 spiro atoms. The van der Waals surface area contributed by atoms with Crippen LogP contribution in [-0.2, 0) is 19.1 Å². The molecule has 1 saturated carbocycles. The Labute approximate surface area is 113 Å². The highest BCUT2D eigenvalue weighted by Gasteiger charge is 2.28. The zero-order valence-electron chi connectivity index (χ0n) is 11.4. The van der Waals surface area contributed by atoms with Gasteiger partial charge in [-0.15, -0.1) is 0 Å². The summed E-state index contributed by atoms with van der Waals surface area (Å²) in [5.74, 6) is -1.09. The molecule has 0 aromatic heterocycles. The number of nitrogens with zero attached hydrogens (tertiary/aromatic N) is 1. The first-order chi connectivity index (χ1) is 9.13. The fraction of sp³-hybridized carbons (Fsp3) is 0.643. The fourth-order valence-electron chi connectivity index (χ4n) is 2.22. The summed E-state index contributed by atoms with van der Waals surface area (Å²) in [4.78, 5) is 23.4. The number of hydrogen-bond donors (Lipinski definition) is 0. The molecule has 104 valence electrons. The lowest BCUT2D eigenvalue weighted by atomic mass is 9.83. The average Bonchev–Trinajstić information content (AvgIpc) is 2.40. The Balaban J connectivity index is 2.84. The lowest BCUT2D eigenvalue weighted by Crippen LogP contribution is -2.23. The maximum absolute atomic E-state index is 11.7. The second-order valence-corrected chi connectivity index (χ2v) is 4.36. The predicted octanol–water partition coefficient (Wildman–Crippen LogP) is 2.12. The van der Waals surface area contributed by atoms with E-state index in [1.165, 1.54) is 0 Å². The van der Waals surface area contributed by atoms with Crippen molar-refractivity contribution in [3.05, 3.63) is 11.1 Å². The maximum Gasteiger partial charge on any atom is 0.348 e. The number of allylic oxidation sites excluding steroid dienone is 1. The van der Waals surface area contributed by atoms with Crippen LogP contribution >= 0.6 is 0 Å². The topological polar surface area (TPSA) is 76.4 Å². The van der Waals surface area contributed by atoms with Gasteiger partial charge in [-0.05, 0) is 45.1 Å². The molecular formula is C14H19NO4. The van der Waals surface area contributed by atoms with Crippen LogP contribution in [0.3, 0.4) is 0 Å². The third kappa shape index (κ3) is 4.09. The number of ether oxygens (including phenoxy) is 2. The van der Waals surface area contributed by atoms with E-state index in [1.807, 2.05) is 6.07 Å². The van der Waals surface area contributed by atoms with E-state index in [1.54, 1.807) is 13.8 Å². The van der Waals surface area contributed by atoms with E-state index in [4.69, 9.17) is 14.7 Å². The van der Waals surface area contributed by atoms with Crippen molar-refractivity contribution in [3.63, 3.8) is 0 Å². The summed E-state index contributed by atoms with van der Waals surface area (Å²) < 4.78 is 9.85. The molecule has 0 heterocycles. The molecule has 1 aliphatic rings.